The fourth-order valence-electron chi connectivity index (χ4n) is 3.30. The lowest BCUT2D eigenvalue weighted by atomic mass is 10.1. The molecule has 11 heteroatoms. The zero-order chi connectivity index (χ0) is 23.9. The first-order chi connectivity index (χ1) is 15.7. The molecule has 2 amide bonds. The third-order valence-electron chi connectivity index (χ3n) is 4.92. The highest BCUT2D eigenvalue weighted by Crippen LogP contribution is 2.34. The molecule has 0 atom stereocenters. The highest BCUT2D eigenvalue weighted by molar-refractivity contribution is 7.80. The topological polar surface area (TPSA) is 106 Å². The molecular formula is C22H13Cl2N3O5S. The Kier molecular flexibility index (Phi) is 6.03. The standard InChI is InChI=1S/C22H13Cl2N3O5S/c1-11-16(24)3-2-4-17(11)26-21(29)15(20(28)25-22(26)33)10-13-6-8-19(32-13)14-7-5-12(23)9-18(14)27(30)31/h2-10H,1H3,(H,25,28,33)/b15-10+. The second-order valence-corrected chi connectivity index (χ2v) is 8.19. The summed E-state index contributed by atoms with van der Waals surface area (Å²) in [5.74, 6) is -1.05. The molecule has 1 aliphatic heterocycles. The first-order valence-electron chi connectivity index (χ1n) is 9.38. The fourth-order valence-corrected chi connectivity index (χ4v) is 3.91. The van der Waals surface area contributed by atoms with Gasteiger partial charge in [-0.25, -0.2) is 0 Å². The van der Waals surface area contributed by atoms with E-state index in [1.807, 2.05) is 0 Å². The van der Waals surface area contributed by atoms with Crippen molar-refractivity contribution in [3.05, 3.63) is 85.6 Å². The highest BCUT2D eigenvalue weighted by atomic mass is 35.5. The molecule has 4 rings (SSSR count). The molecule has 1 N–H and O–H groups in total. The molecular weight excluding hydrogens is 489 g/mol. The van der Waals surface area contributed by atoms with Crippen LogP contribution in [-0.4, -0.2) is 21.9 Å². The molecule has 1 aromatic heterocycles. The zero-order valence-electron chi connectivity index (χ0n) is 16.8. The van der Waals surface area contributed by atoms with Crippen molar-refractivity contribution in [2.24, 2.45) is 0 Å². The SMILES string of the molecule is Cc1c(Cl)cccc1N1C(=O)/C(=C/c2ccc(-c3ccc(Cl)cc3[N+](=O)[O-])o2)C(=O)NC1=S. The lowest BCUT2D eigenvalue weighted by Gasteiger charge is -2.30. The van der Waals surface area contributed by atoms with Crippen molar-refractivity contribution in [1.29, 1.82) is 0 Å². The van der Waals surface area contributed by atoms with Gasteiger partial charge in [0.25, 0.3) is 17.5 Å². The fraction of sp³-hybridized carbons (Fsp3) is 0.0455. The number of furan rings is 1. The number of nitrogens with zero attached hydrogens (tertiary/aromatic N) is 2. The van der Waals surface area contributed by atoms with Crippen LogP contribution in [0.5, 0.6) is 0 Å². The summed E-state index contributed by atoms with van der Waals surface area (Å²) in [5, 5.41) is 14.4. The van der Waals surface area contributed by atoms with Crippen molar-refractivity contribution in [2.45, 2.75) is 6.92 Å². The summed E-state index contributed by atoms with van der Waals surface area (Å²) in [6.07, 6.45) is 1.25. The van der Waals surface area contributed by atoms with Crippen LogP contribution < -0.4 is 10.2 Å². The number of hydrogen-bond acceptors (Lipinski definition) is 6. The average Bonchev–Trinajstić information content (AvgIpc) is 3.22. The Morgan fingerprint density at radius 1 is 1.15 bits per heavy atom. The van der Waals surface area contributed by atoms with E-state index in [9.17, 15) is 19.7 Å². The van der Waals surface area contributed by atoms with Crippen molar-refractivity contribution in [3.8, 4) is 11.3 Å². The molecule has 0 saturated carbocycles. The number of anilines is 1. The molecule has 1 fully saturated rings. The Morgan fingerprint density at radius 2 is 1.91 bits per heavy atom. The molecule has 1 saturated heterocycles. The van der Waals surface area contributed by atoms with Crippen molar-refractivity contribution in [2.75, 3.05) is 4.90 Å². The van der Waals surface area contributed by atoms with E-state index in [1.54, 1.807) is 25.1 Å². The van der Waals surface area contributed by atoms with Gasteiger partial charge in [0.05, 0.1) is 16.2 Å². The number of nitro groups is 1. The Labute approximate surface area is 202 Å². The molecule has 0 radical (unpaired) electrons. The molecule has 33 heavy (non-hydrogen) atoms. The number of halogens is 2. The normalized spacial score (nSPS) is 15.2. The number of nitrogens with one attached hydrogen (secondary N) is 1. The number of rotatable bonds is 4. The van der Waals surface area contributed by atoms with Crippen LogP contribution in [0.25, 0.3) is 17.4 Å². The first kappa shape index (κ1) is 22.7. The Balaban J connectivity index is 1.73. The third kappa shape index (κ3) is 4.25. The summed E-state index contributed by atoms with van der Waals surface area (Å²) in [7, 11) is 0. The van der Waals surface area contributed by atoms with Gasteiger partial charge in [0.1, 0.15) is 17.1 Å². The van der Waals surface area contributed by atoms with E-state index >= 15 is 0 Å². The second kappa shape index (κ2) is 8.78. The maximum Gasteiger partial charge on any atom is 0.281 e. The van der Waals surface area contributed by atoms with E-state index in [2.05, 4.69) is 5.32 Å². The number of carbonyl (C=O) groups excluding carboxylic acids is 2. The van der Waals surface area contributed by atoms with Gasteiger partial charge in [-0.05, 0) is 67.2 Å². The quantitative estimate of drug-likeness (QED) is 0.171. The van der Waals surface area contributed by atoms with Gasteiger partial charge < -0.3 is 4.42 Å². The van der Waals surface area contributed by atoms with Crippen molar-refractivity contribution in [3.63, 3.8) is 0 Å². The first-order valence-corrected chi connectivity index (χ1v) is 10.5. The van der Waals surface area contributed by atoms with Crippen LogP contribution in [0, 0.1) is 17.0 Å². The predicted octanol–water partition coefficient (Wildman–Crippen LogP) is 5.30. The number of nitro benzene ring substituents is 1. The lowest BCUT2D eigenvalue weighted by Crippen LogP contribution is -2.54. The molecule has 0 unspecified atom stereocenters. The van der Waals surface area contributed by atoms with E-state index in [1.165, 1.54) is 41.3 Å². The molecule has 166 valence electrons. The maximum atomic E-state index is 13.2. The minimum atomic E-state index is -0.698. The molecule has 3 aromatic rings. The van der Waals surface area contributed by atoms with Crippen molar-refractivity contribution >= 4 is 69.8 Å². The Morgan fingerprint density at radius 3 is 2.64 bits per heavy atom. The monoisotopic (exact) mass is 501 g/mol. The molecule has 0 aliphatic carbocycles. The molecule has 0 spiro atoms. The summed E-state index contributed by atoms with van der Waals surface area (Å²) in [4.78, 5) is 37.7. The number of benzene rings is 2. The van der Waals surface area contributed by atoms with E-state index in [0.29, 0.717) is 16.3 Å². The van der Waals surface area contributed by atoms with E-state index in [0.717, 1.165) is 0 Å². The van der Waals surface area contributed by atoms with Crippen molar-refractivity contribution in [1.82, 2.24) is 5.32 Å². The maximum absolute atomic E-state index is 13.2. The zero-order valence-corrected chi connectivity index (χ0v) is 19.1. The Bertz CT molecular complexity index is 1380. The lowest BCUT2D eigenvalue weighted by molar-refractivity contribution is -0.384. The second-order valence-electron chi connectivity index (χ2n) is 6.96. The van der Waals surface area contributed by atoms with Crippen LogP contribution in [0.15, 0.2) is 58.5 Å². The van der Waals surface area contributed by atoms with Crippen LogP contribution in [0.3, 0.4) is 0 Å². The summed E-state index contributed by atoms with van der Waals surface area (Å²) >= 11 is 17.2. The van der Waals surface area contributed by atoms with Gasteiger partial charge >= 0.3 is 0 Å². The van der Waals surface area contributed by atoms with Crippen LogP contribution in [-0.2, 0) is 9.59 Å². The summed E-state index contributed by atoms with van der Waals surface area (Å²) in [5.41, 5.74) is 0.775. The van der Waals surface area contributed by atoms with Crippen molar-refractivity contribution < 1.29 is 18.9 Å². The van der Waals surface area contributed by atoms with E-state index < -0.39 is 16.7 Å². The smallest absolute Gasteiger partial charge is 0.281 e. The van der Waals surface area contributed by atoms with E-state index in [-0.39, 0.29) is 38.5 Å². The van der Waals surface area contributed by atoms with Crippen LogP contribution in [0.4, 0.5) is 11.4 Å². The van der Waals surface area contributed by atoms with Crippen LogP contribution >= 0.6 is 35.4 Å². The van der Waals surface area contributed by atoms with Gasteiger partial charge in [0, 0.05) is 16.1 Å². The van der Waals surface area contributed by atoms with Gasteiger partial charge in [-0.3, -0.25) is 29.9 Å². The number of hydrogen-bond donors (Lipinski definition) is 1. The average molecular weight is 502 g/mol. The summed E-state index contributed by atoms with van der Waals surface area (Å²) in [6, 6.07) is 12.1. The Hall–Kier alpha value is -3.53. The molecule has 1 aliphatic rings. The van der Waals surface area contributed by atoms with Crippen LogP contribution in [0.1, 0.15) is 11.3 Å². The largest absolute Gasteiger partial charge is 0.456 e. The van der Waals surface area contributed by atoms with Gasteiger partial charge in [-0.1, -0.05) is 29.3 Å². The minimum absolute atomic E-state index is 0.0792. The number of thiocarbonyl (C=S) groups is 1. The van der Waals surface area contributed by atoms with Gasteiger partial charge in [-0.15, -0.1) is 0 Å². The summed E-state index contributed by atoms with van der Waals surface area (Å²) in [6.45, 7) is 1.73. The molecule has 2 aromatic carbocycles. The molecule has 2 heterocycles. The van der Waals surface area contributed by atoms with Gasteiger partial charge in [0.2, 0.25) is 0 Å². The number of carbonyl (C=O) groups is 2. The minimum Gasteiger partial charge on any atom is -0.456 e. The van der Waals surface area contributed by atoms with E-state index in [4.69, 9.17) is 39.8 Å². The molecule has 8 nitrogen and oxygen atoms in total. The third-order valence-corrected chi connectivity index (χ3v) is 5.85. The predicted molar refractivity (Wildman–Crippen MR) is 128 cm³/mol. The molecule has 0 bridgehead atoms. The van der Waals surface area contributed by atoms with Crippen LogP contribution in [0.2, 0.25) is 10.0 Å². The summed E-state index contributed by atoms with van der Waals surface area (Å²) < 4.78 is 5.68. The number of amides is 2. The highest BCUT2D eigenvalue weighted by Gasteiger charge is 2.35. The van der Waals surface area contributed by atoms with Gasteiger partial charge in [0.15, 0.2) is 5.11 Å². The van der Waals surface area contributed by atoms with Gasteiger partial charge in [-0.2, -0.15) is 0 Å².